The summed E-state index contributed by atoms with van der Waals surface area (Å²) in [4.78, 5) is 15.0. The minimum Gasteiger partial charge on any atom is -0.480 e. The Balaban J connectivity index is 2.79. The van der Waals surface area contributed by atoms with Gasteiger partial charge in [-0.05, 0) is 18.6 Å². The Hall–Kier alpha value is -2.09. The predicted octanol–water partition coefficient (Wildman–Crippen LogP) is 2.01. The molecular weight excluding hydrogens is 218 g/mol. The first kappa shape index (κ1) is 13.0. The molecule has 0 aromatic carbocycles. The van der Waals surface area contributed by atoms with Gasteiger partial charge in [0.25, 0.3) is 0 Å². The molecule has 0 aliphatic heterocycles. The lowest BCUT2D eigenvalue weighted by atomic mass is 10.1. The van der Waals surface area contributed by atoms with E-state index in [-0.39, 0.29) is 0 Å². The molecule has 0 bridgehead atoms. The van der Waals surface area contributed by atoms with Crippen molar-refractivity contribution in [2.24, 2.45) is 0 Å². The quantitative estimate of drug-likeness (QED) is 0.784. The molecule has 2 N–H and O–H groups in total. The van der Waals surface area contributed by atoms with Crippen molar-refractivity contribution >= 4 is 11.8 Å². The predicted molar refractivity (Wildman–Crippen MR) is 63.5 cm³/mol. The molecular formula is C12H15N3O2. The molecule has 0 fully saturated rings. The van der Waals surface area contributed by atoms with Crippen molar-refractivity contribution in [1.29, 1.82) is 5.26 Å². The van der Waals surface area contributed by atoms with Crippen LogP contribution in [0.15, 0.2) is 18.3 Å². The Bertz CT molecular complexity index is 426. The van der Waals surface area contributed by atoms with Gasteiger partial charge >= 0.3 is 5.97 Å². The molecule has 90 valence electrons. The fourth-order valence-electron chi connectivity index (χ4n) is 1.44. The number of nitrogens with one attached hydrogen (secondary N) is 1. The largest absolute Gasteiger partial charge is 0.480 e. The molecule has 17 heavy (non-hydrogen) atoms. The van der Waals surface area contributed by atoms with Gasteiger partial charge in [0.2, 0.25) is 0 Å². The number of anilines is 1. The highest BCUT2D eigenvalue weighted by molar-refractivity contribution is 5.77. The van der Waals surface area contributed by atoms with Crippen molar-refractivity contribution < 1.29 is 9.90 Å². The number of pyridine rings is 1. The van der Waals surface area contributed by atoms with Gasteiger partial charge < -0.3 is 10.4 Å². The fraction of sp³-hybridized carbons (Fsp3) is 0.417. The van der Waals surface area contributed by atoms with E-state index in [4.69, 9.17) is 10.4 Å². The first-order valence-electron chi connectivity index (χ1n) is 5.53. The maximum atomic E-state index is 11.0. The zero-order valence-electron chi connectivity index (χ0n) is 9.68. The number of unbranched alkanes of at least 4 members (excludes halogenated alkanes) is 1. The summed E-state index contributed by atoms with van der Waals surface area (Å²) in [6.07, 6.45) is 3.80. The van der Waals surface area contributed by atoms with Crippen molar-refractivity contribution in [2.45, 2.75) is 32.2 Å². The van der Waals surface area contributed by atoms with E-state index >= 15 is 0 Å². The number of nitrogens with zero attached hydrogens (tertiary/aromatic N) is 2. The van der Waals surface area contributed by atoms with E-state index in [0.29, 0.717) is 17.8 Å². The summed E-state index contributed by atoms with van der Waals surface area (Å²) in [5.41, 5.74) is 0.357. The van der Waals surface area contributed by atoms with E-state index in [1.54, 1.807) is 12.1 Å². The smallest absolute Gasteiger partial charge is 0.326 e. The Morgan fingerprint density at radius 2 is 2.47 bits per heavy atom. The number of carbonyl (C=O) groups is 1. The standard InChI is InChI=1S/C12H15N3O2/c1-2-3-6-10(12(16)17)15-11-9(8-13)5-4-7-14-11/h4-5,7,10H,2-3,6H2,1H3,(H,14,15)(H,16,17)/t10-/m0/s1. The van der Waals surface area contributed by atoms with Crippen LogP contribution >= 0.6 is 0 Å². The van der Waals surface area contributed by atoms with Crippen LogP contribution in [0.2, 0.25) is 0 Å². The van der Waals surface area contributed by atoms with Gasteiger partial charge in [0, 0.05) is 6.20 Å². The molecule has 0 amide bonds. The average molecular weight is 233 g/mol. The third-order valence-electron chi connectivity index (χ3n) is 2.38. The Morgan fingerprint density at radius 3 is 3.06 bits per heavy atom. The van der Waals surface area contributed by atoms with E-state index < -0.39 is 12.0 Å². The third-order valence-corrected chi connectivity index (χ3v) is 2.38. The first-order chi connectivity index (χ1) is 8.19. The minimum atomic E-state index is -0.923. The number of rotatable bonds is 6. The molecule has 1 aromatic rings. The molecule has 1 aromatic heterocycles. The van der Waals surface area contributed by atoms with Crippen LogP contribution in [0.25, 0.3) is 0 Å². The molecule has 0 aliphatic rings. The molecule has 0 spiro atoms. The molecule has 1 rings (SSSR count). The van der Waals surface area contributed by atoms with E-state index in [1.807, 2.05) is 13.0 Å². The normalized spacial score (nSPS) is 11.5. The summed E-state index contributed by atoms with van der Waals surface area (Å²) >= 11 is 0. The van der Waals surface area contributed by atoms with Crippen LogP contribution < -0.4 is 5.32 Å². The fourth-order valence-corrected chi connectivity index (χ4v) is 1.44. The Kier molecular flexibility index (Phi) is 4.95. The SMILES string of the molecule is CCCC[C@H](Nc1ncccc1C#N)C(=O)O. The molecule has 0 aliphatic carbocycles. The molecule has 1 heterocycles. The summed E-state index contributed by atoms with van der Waals surface area (Å²) in [6, 6.07) is 4.53. The molecule has 0 saturated carbocycles. The van der Waals surface area contributed by atoms with Crippen molar-refractivity contribution in [2.75, 3.05) is 5.32 Å². The summed E-state index contributed by atoms with van der Waals surface area (Å²) in [5.74, 6) is -0.591. The van der Waals surface area contributed by atoms with Gasteiger partial charge in [-0.3, -0.25) is 0 Å². The molecule has 0 unspecified atom stereocenters. The highest BCUT2D eigenvalue weighted by Crippen LogP contribution is 2.13. The second-order valence-corrected chi connectivity index (χ2v) is 3.69. The second-order valence-electron chi connectivity index (χ2n) is 3.69. The van der Waals surface area contributed by atoms with Crippen LogP contribution in [0.1, 0.15) is 31.7 Å². The lowest BCUT2D eigenvalue weighted by Gasteiger charge is -2.15. The van der Waals surface area contributed by atoms with Crippen LogP contribution in [-0.2, 0) is 4.79 Å². The molecule has 0 saturated heterocycles. The third kappa shape index (κ3) is 3.76. The number of hydrogen-bond acceptors (Lipinski definition) is 4. The Morgan fingerprint density at radius 1 is 1.71 bits per heavy atom. The van der Waals surface area contributed by atoms with E-state index in [0.717, 1.165) is 12.8 Å². The molecule has 0 radical (unpaired) electrons. The zero-order valence-corrected chi connectivity index (χ0v) is 9.68. The summed E-state index contributed by atoms with van der Waals surface area (Å²) in [6.45, 7) is 2.00. The van der Waals surface area contributed by atoms with Gasteiger partial charge in [0.05, 0.1) is 5.56 Å². The first-order valence-corrected chi connectivity index (χ1v) is 5.53. The number of hydrogen-bond donors (Lipinski definition) is 2. The number of aromatic nitrogens is 1. The van der Waals surface area contributed by atoms with Crippen LogP contribution in [0.4, 0.5) is 5.82 Å². The topological polar surface area (TPSA) is 86.0 Å². The van der Waals surface area contributed by atoms with Crippen molar-refractivity contribution in [1.82, 2.24) is 4.98 Å². The van der Waals surface area contributed by atoms with Crippen LogP contribution in [0, 0.1) is 11.3 Å². The maximum absolute atomic E-state index is 11.0. The average Bonchev–Trinajstić information content (AvgIpc) is 2.34. The highest BCUT2D eigenvalue weighted by Gasteiger charge is 2.18. The number of carboxylic acids is 1. The van der Waals surface area contributed by atoms with E-state index in [9.17, 15) is 4.79 Å². The van der Waals surface area contributed by atoms with Crippen LogP contribution in [-0.4, -0.2) is 22.1 Å². The molecule has 1 atom stereocenters. The molecule has 5 heteroatoms. The Labute approximate surface area is 100 Å². The van der Waals surface area contributed by atoms with Gasteiger partial charge in [0.1, 0.15) is 17.9 Å². The monoisotopic (exact) mass is 233 g/mol. The van der Waals surface area contributed by atoms with Crippen molar-refractivity contribution in [3.05, 3.63) is 23.9 Å². The van der Waals surface area contributed by atoms with Crippen molar-refractivity contribution in [3.63, 3.8) is 0 Å². The van der Waals surface area contributed by atoms with E-state index in [1.165, 1.54) is 6.20 Å². The summed E-state index contributed by atoms with van der Waals surface area (Å²) < 4.78 is 0. The lowest BCUT2D eigenvalue weighted by Crippen LogP contribution is -2.29. The zero-order chi connectivity index (χ0) is 12.7. The van der Waals surface area contributed by atoms with Gasteiger partial charge in [-0.2, -0.15) is 5.26 Å². The van der Waals surface area contributed by atoms with Crippen molar-refractivity contribution in [3.8, 4) is 6.07 Å². The number of carboxylic acid groups (broad SMARTS) is 1. The van der Waals surface area contributed by atoms with Gasteiger partial charge in [-0.15, -0.1) is 0 Å². The minimum absolute atomic E-state index is 0.332. The van der Waals surface area contributed by atoms with Crippen LogP contribution in [0.3, 0.4) is 0 Å². The van der Waals surface area contributed by atoms with Gasteiger partial charge in [-0.1, -0.05) is 19.8 Å². The highest BCUT2D eigenvalue weighted by atomic mass is 16.4. The molecule has 5 nitrogen and oxygen atoms in total. The maximum Gasteiger partial charge on any atom is 0.326 e. The lowest BCUT2D eigenvalue weighted by molar-refractivity contribution is -0.138. The summed E-state index contributed by atoms with van der Waals surface area (Å²) in [5, 5.41) is 20.7. The second kappa shape index (κ2) is 6.48. The van der Waals surface area contributed by atoms with Gasteiger partial charge in [0.15, 0.2) is 0 Å². The van der Waals surface area contributed by atoms with Gasteiger partial charge in [-0.25, -0.2) is 9.78 Å². The number of nitriles is 1. The summed E-state index contributed by atoms with van der Waals surface area (Å²) in [7, 11) is 0. The van der Waals surface area contributed by atoms with Crippen LogP contribution in [0.5, 0.6) is 0 Å². The van der Waals surface area contributed by atoms with E-state index in [2.05, 4.69) is 10.3 Å². The number of aliphatic carboxylic acids is 1.